The lowest BCUT2D eigenvalue weighted by molar-refractivity contribution is 0.548. The van der Waals surface area contributed by atoms with Crippen LogP contribution in [-0.4, -0.2) is 13.1 Å². The molecule has 0 saturated carbocycles. The normalized spacial score (nSPS) is 21.2. The van der Waals surface area contributed by atoms with E-state index in [4.69, 9.17) is 17.3 Å². The van der Waals surface area contributed by atoms with E-state index in [1.165, 1.54) is 11.1 Å². The Balaban J connectivity index is 2.45. The molecule has 1 aromatic carbocycles. The van der Waals surface area contributed by atoms with Gasteiger partial charge in [-0.15, -0.1) is 0 Å². The van der Waals surface area contributed by atoms with E-state index in [0.717, 1.165) is 18.1 Å². The Morgan fingerprint density at radius 2 is 2.38 bits per heavy atom. The SMILES string of the molecule is NCC1CNCc2c(Cl)cccc21. The van der Waals surface area contributed by atoms with Crippen LogP contribution < -0.4 is 11.1 Å². The molecule has 0 fully saturated rings. The first-order valence-electron chi connectivity index (χ1n) is 4.51. The highest BCUT2D eigenvalue weighted by Crippen LogP contribution is 2.28. The van der Waals surface area contributed by atoms with E-state index in [2.05, 4.69) is 11.4 Å². The van der Waals surface area contributed by atoms with Gasteiger partial charge in [0.15, 0.2) is 0 Å². The van der Waals surface area contributed by atoms with Crippen LogP contribution in [0.25, 0.3) is 0 Å². The van der Waals surface area contributed by atoms with Gasteiger partial charge in [-0.1, -0.05) is 23.7 Å². The van der Waals surface area contributed by atoms with Crippen molar-refractivity contribution in [2.24, 2.45) is 5.73 Å². The van der Waals surface area contributed by atoms with Crippen LogP contribution in [0.3, 0.4) is 0 Å². The number of benzene rings is 1. The Morgan fingerprint density at radius 3 is 3.15 bits per heavy atom. The Hall–Kier alpha value is -0.570. The molecular formula is C10H13ClN2. The van der Waals surface area contributed by atoms with E-state index in [0.29, 0.717) is 12.5 Å². The molecule has 1 aliphatic rings. The van der Waals surface area contributed by atoms with Crippen molar-refractivity contribution in [2.75, 3.05) is 13.1 Å². The fourth-order valence-electron chi connectivity index (χ4n) is 1.84. The zero-order chi connectivity index (χ0) is 9.26. The van der Waals surface area contributed by atoms with Gasteiger partial charge in [0, 0.05) is 30.6 Å². The van der Waals surface area contributed by atoms with E-state index in [9.17, 15) is 0 Å². The minimum Gasteiger partial charge on any atom is -0.330 e. The number of nitrogens with one attached hydrogen (secondary N) is 1. The molecule has 0 bridgehead atoms. The van der Waals surface area contributed by atoms with E-state index >= 15 is 0 Å². The fraction of sp³-hybridized carbons (Fsp3) is 0.400. The van der Waals surface area contributed by atoms with Crippen molar-refractivity contribution in [3.05, 3.63) is 34.3 Å². The molecule has 1 unspecified atom stereocenters. The molecule has 2 nitrogen and oxygen atoms in total. The second kappa shape index (κ2) is 3.66. The smallest absolute Gasteiger partial charge is 0.0453 e. The van der Waals surface area contributed by atoms with Crippen LogP contribution in [0.4, 0.5) is 0 Å². The number of halogens is 1. The largest absolute Gasteiger partial charge is 0.330 e. The molecule has 0 radical (unpaired) electrons. The van der Waals surface area contributed by atoms with Crippen LogP contribution in [0.2, 0.25) is 5.02 Å². The first-order valence-corrected chi connectivity index (χ1v) is 4.89. The van der Waals surface area contributed by atoms with Gasteiger partial charge in [0.1, 0.15) is 0 Å². The number of rotatable bonds is 1. The highest BCUT2D eigenvalue weighted by molar-refractivity contribution is 6.31. The molecule has 13 heavy (non-hydrogen) atoms. The average molecular weight is 197 g/mol. The van der Waals surface area contributed by atoms with Crippen molar-refractivity contribution in [3.63, 3.8) is 0 Å². The summed E-state index contributed by atoms with van der Waals surface area (Å²) in [5.74, 6) is 0.419. The van der Waals surface area contributed by atoms with Crippen LogP contribution in [0.5, 0.6) is 0 Å². The summed E-state index contributed by atoms with van der Waals surface area (Å²) in [5, 5.41) is 4.17. The molecule has 2 rings (SSSR count). The molecule has 0 aliphatic carbocycles. The number of hydrogen-bond donors (Lipinski definition) is 2. The number of hydrogen-bond acceptors (Lipinski definition) is 2. The third-order valence-electron chi connectivity index (χ3n) is 2.57. The second-order valence-electron chi connectivity index (χ2n) is 3.37. The van der Waals surface area contributed by atoms with Crippen LogP contribution in [-0.2, 0) is 6.54 Å². The Kier molecular flexibility index (Phi) is 2.54. The van der Waals surface area contributed by atoms with Crippen molar-refractivity contribution >= 4 is 11.6 Å². The maximum Gasteiger partial charge on any atom is 0.0453 e. The molecule has 1 aromatic rings. The lowest BCUT2D eigenvalue weighted by Gasteiger charge is -2.25. The third kappa shape index (κ3) is 1.57. The van der Waals surface area contributed by atoms with Gasteiger partial charge in [-0.3, -0.25) is 0 Å². The minimum absolute atomic E-state index is 0.419. The van der Waals surface area contributed by atoms with Gasteiger partial charge in [0.2, 0.25) is 0 Å². The first-order chi connectivity index (χ1) is 6.33. The van der Waals surface area contributed by atoms with Crippen LogP contribution in [0.15, 0.2) is 18.2 Å². The summed E-state index contributed by atoms with van der Waals surface area (Å²) in [4.78, 5) is 0. The number of nitrogens with two attached hydrogens (primary N) is 1. The maximum absolute atomic E-state index is 6.08. The van der Waals surface area contributed by atoms with Crippen molar-refractivity contribution in [3.8, 4) is 0 Å². The van der Waals surface area contributed by atoms with E-state index in [1.54, 1.807) is 0 Å². The summed E-state index contributed by atoms with van der Waals surface area (Å²) in [5.41, 5.74) is 8.21. The standard InChI is InChI=1S/C10H13ClN2/c11-10-3-1-2-8-7(4-12)5-13-6-9(8)10/h1-3,7,13H,4-6,12H2. The predicted molar refractivity (Wildman–Crippen MR) is 55.0 cm³/mol. The predicted octanol–water partition coefficient (Wildman–Crippen LogP) is 1.49. The van der Waals surface area contributed by atoms with E-state index in [1.807, 2.05) is 12.1 Å². The van der Waals surface area contributed by atoms with Gasteiger partial charge in [0.25, 0.3) is 0 Å². The van der Waals surface area contributed by atoms with Crippen molar-refractivity contribution in [1.82, 2.24) is 5.32 Å². The molecular weight excluding hydrogens is 184 g/mol. The third-order valence-corrected chi connectivity index (χ3v) is 2.93. The molecule has 0 spiro atoms. The summed E-state index contributed by atoms with van der Waals surface area (Å²) in [7, 11) is 0. The summed E-state index contributed by atoms with van der Waals surface area (Å²) >= 11 is 6.08. The number of fused-ring (bicyclic) bond motifs is 1. The molecule has 0 amide bonds. The zero-order valence-corrected chi connectivity index (χ0v) is 8.14. The van der Waals surface area contributed by atoms with E-state index < -0.39 is 0 Å². The van der Waals surface area contributed by atoms with Gasteiger partial charge in [-0.05, 0) is 17.2 Å². The van der Waals surface area contributed by atoms with Gasteiger partial charge in [-0.2, -0.15) is 0 Å². The minimum atomic E-state index is 0.419. The van der Waals surface area contributed by atoms with Crippen molar-refractivity contribution in [2.45, 2.75) is 12.5 Å². The van der Waals surface area contributed by atoms with Crippen LogP contribution >= 0.6 is 11.6 Å². The maximum atomic E-state index is 6.08. The summed E-state index contributed by atoms with van der Waals surface area (Å²) in [6.07, 6.45) is 0. The summed E-state index contributed by atoms with van der Waals surface area (Å²) in [6, 6.07) is 6.05. The zero-order valence-electron chi connectivity index (χ0n) is 7.39. The molecule has 1 heterocycles. The van der Waals surface area contributed by atoms with Gasteiger partial charge >= 0.3 is 0 Å². The Morgan fingerprint density at radius 1 is 1.54 bits per heavy atom. The summed E-state index contributed by atoms with van der Waals surface area (Å²) in [6.45, 7) is 2.51. The van der Waals surface area contributed by atoms with Crippen molar-refractivity contribution < 1.29 is 0 Å². The topological polar surface area (TPSA) is 38.0 Å². The highest BCUT2D eigenvalue weighted by Gasteiger charge is 2.19. The van der Waals surface area contributed by atoms with Gasteiger partial charge in [0.05, 0.1) is 0 Å². The lowest BCUT2D eigenvalue weighted by Crippen LogP contribution is -2.32. The monoisotopic (exact) mass is 196 g/mol. The Labute approximate surface area is 83.1 Å². The van der Waals surface area contributed by atoms with Gasteiger partial charge in [-0.25, -0.2) is 0 Å². The summed E-state index contributed by atoms with van der Waals surface area (Å²) < 4.78 is 0. The Bertz CT molecular complexity index is 312. The second-order valence-corrected chi connectivity index (χ2v) is 3.78. The molecule has 1 atom stereocenters. The molecule has 3 N–H and O–H groups in total. The molecule has 3 heteroatoms. The fourth-order valence-corrected chi connectivity index (χ4v) is 2.08. The van der Waals surface area contributed by atoms with Crippen LogP contribution in [0, 0.1) is 0 Å². The molecule has 70 valence electrons. The molecule has 0 saturated heterocycles. The highest BCUT2D eigenvalue weighted by atomic mass is 35.5. The quantitative estimate of drug-likeness (QED) is 0.714. The van der Waals surface area contributed by atoms with E-state index in [-0.39, 0.29) is 0 Å². The van der Waals surface area contributed by atoms with Crippen LogP contribution in [0.1, 0.15) is 17.0 Å². The first kappa shape index (κ1) is 9.00. The lowest BCUT2D eigenvalue weighted by atomic mass is 9.91. The van der Waals surface area contributed by atoms with Gasteiger partial charge < -0.3 is 11.1 Å². The average Bonchev–Trinajstić information content (AvgIpc) is 2.18. The van der Waals surface area contributed by atoms with Crippen molar-refractivity contribution in [1.29, 1.82) is 0 Å². The molecule has 1 aliphatic heterocycles. The molecule has 0 aromatic heterocycles.